The average Bonchev–Trinajstić information content (AvgIpc) is 2.16. The summed E-state index contributed by atoms with van der Waals surface area (Å²) >= 11 is 0. The van der Waals surface area contributed by atoms with Gasteiger partial charge in [-0.15, -0.1) is 0 Å². The summed E-state index contributed by atoms with van der Waals surface area (Å²) < 4.78 is 5.11. The number of hydrogen-bond donors (Lipinski definition) is 0. The van der Waals surface area contributed by atoms with Crippen LogP contribution >= 0.6 is 0 Å². The fourth-order valence-corrected chi connectivity index (χ4v) is 1.28. The maximum absolute atomic E-state index is 5.11. The minimum atomic E-state index is 0.847. The highest BCUT2D eigenvalue weighted by atomic mass is 16.5. The highest BCUT2D eigenvalue weighted by Crippen LogP contribution is 2.19. The van der Waals surface area contributed by atoms with Crippen molar-refractivity contribution < 1.29 is 4.74 Å². The third-order valence-electron chi connectivity index (χ3n) is 1.95. The number of pyridine rings is 1. The second-order valence-electron chi connectivity index (χ2n) is 2.90. The first kappa shape index (κ1) is 8.05. The molecule has 0 N–H and O–H groups in total. The standard InChI is InChI=1S/C11H10NO/c1-8-5-9-6-10(13-2)3-4-11(9)12-7-8/h3-7H,1H2,2H3. The lowest BCUT2D eigenvalue weighted by atomic mass is 10.2. The number of benzene rings is 1. The van der Waals surface area contributed by atoms with Crippen LogP contribution in [-0.2, 0) is 0 Å². The second kappa shape index (κ2) is 3.05. The Labute approximate surface area is 77.2 Å². The van der Waals surface area contributed by atoms with Gasteiger partial charge < -0.3 is 4.74 Å². The van der Waals surface area contributed by atoms with Gasteiger partial charge in [0.1, 0.15) is 5.75 Å². The second-order valence-corrected chi connectivity index (χ2v) is 2.90. The third kappa shape index (κ3) is 1.47. The fraction of sp³-hybridized carbons (Fsp3) is 0.0909. The summed E-state index contributed by atoms with van der Waals surface area (Å²) in [5.41, 5.74) is 1.88. The van der Waals surface area contributed by atoms with Gasteiger partial charge in [-0.2, -0.15) is 0 Å². The zero-order valence-electron chi connectivity index (χ0n) is 7.45. The molecule has 1 aromatic heterocycles. The van der Waals surface area contributed by atoms with Crippen LogP contribution in [0.25, 0.3) is 10.9 Å². The van der Waals surface area contributed by atoms with Gasteiger partial charge in [-0.05, 0) is 36.8 Å². The lowest BCUT2D eigenvalue weighted by Gasteiger charge is -2.01. The highest BCUT2D eigenvalue weighted by molar-refractivity contribution is 5.80. The largest absolute Gasteiger partial charge is 0.497 e. The van der Waals surface area contributed by atoms with Gasteiger partial charge in [-0.25, -0.2) is 0 Å². The Morgan fingerprint density at radius 1 is 1.31 bits per heavy atom. The summed E-state index contributed by atoms with van der Waals surface area (Å²) in [6.07, 6.45) is 1.76. The fourth-order valence-electron chi connectivity index (χ4n) is 1.28. The molecule has 0 unspecified atom stereocenters. The minimum absolute atomic E-state index is 0.847. The molecule has 0 saturated heterocycles. The molecule has 0 saturated carbocycles. The van der Waals surface area contributed by atoms with Crippen LogP contribution < -0.4 is 4.74 Å². The van der Waals surface area contributed by atoms with Crippen LogP contribution in [0.2, 0.25) is 0 Å². The van der Waals surface area contributed by atoms with Gasteiger partial charge in [-0.1, -0.05) is 0 Å². The number of rotatable bonds is 1. The van der Waals surface area contributed by atoms with E-state index < -0.39 is 0 Å². The van der Waals surface area contributed by atoms with Gasteiger partial charge in [0.25, 0.3) is 0 Å². The molecule has 2 nitrogen and oxygen atoms in total. The van der Waals surface area contributed by atoms with Crippen LogP contribution in [0.1, 0.15) is 5.56 Å². The highest BCUT2D eigenvalue weighted by Gasteiger charge is 1.96. The molecule has 0 bridgehead atoms. The summed E-state index contributed by atoms with van der Waals surface area (Å²) in [5.74, 6) is 0.847. The topological polar surface area (TPSA) is 22.1 Å². The number of nitrogens with zero attached hydrogens (tertiary/aromatic N) is 1. The number of methoxy groups -OCH3 is 1. The van der Waals surface area contributed by atoms with Crippen molar-refractivity contribution in [2.45, 2.75) is 0 Å². The molecular weight excluding hydrogens is 162 g/mol. The van der Waals surface area contributed by atoms with Gasteiger partial charge in [0, 0.05) is 11.6 Å². The molecule has 0 fully saturated rings. The molecule has 0 aliphatic heterocycles. The first-order valence-corrected chi connectivity index (χ1v) is 4.05. The zero-order chi connectivity index (χ0) is 9.26. The van der Waals surface area contributed by atoms with E-state index in [2.05, 4.69) is 11.9 Å². The van der Waals surface area contributed by atoms with E-state index in [0.717, 1.165) is 22.2 Å². The SMILES string of the molecule is [CH2]c1cnc2ccc(OC)cc2c1. The van der Waals surface area contributed by atoms with Crippen molar-refractivity contribution >= 4 is 10.9 Å². The summed E-state index contributed by atoms with van der Waals surface area (Å²) in [5, 5.41) is 1.06. The maximum Gasteiger partial charge on any atom is 0.119 e. The number of ether oxygens (including phenoxy) is 1. The van der Waals surface area contributed by atoms with Crippen molar-refractivity contribution in [1.82, 2.24) is 4.98 Å². The lowest BCUT2D eigenvalue weighted by Crippen LogP contribution is -1.84. The van der Waals surface area contributed by atoms with Crippen molar-refractivity contribution in [3.63, 3.8) is 0 Å². The summed E-state index contributed by atoms with van der Waals surface area (Å²) in [4.78, 5) is 4.24. The number of aromatic nitrogens is 1. The van der Waals surface area contributed by atoms with E-state index in [4.69, 9.17) is 4.74 Å². The van der Waals surface area contributed by atoms with Gasteiger partial charge >= 0.3 is 0 Å². The van der Waals surface area contributed by atoms with Gasteiger partial charge in [0.05, 0.1) is 12.6 Å². The number of hydrogen-bond acceptors (Lipinski definition) is 2. The van der Waals surface area contributed by atoms with Gasteiger partial charge in [0.15, 0.2) is 0 Å². The number of fused-ring (bicyclic) bond motifs is 1. The van der Waals surface area contributed by atoms with E-state index in [0.29, 0.717) is 0 Å². The predicted molar refractivity (Wildman–Crippen MR) is 52.8 cm³/mol. The molecule has 0 aliphatic rings. The molecule has 2 rings (SSSR count). The van der Waals surface area contributed by atoms with Crippen molar-refractivity contribution in [2.24, 2.45) is 0 Å². The summed E-state index contributed by atoms with van der Waals surface area (Å²) in [7, 11) is 1.66. The smallest absolute Gasteiger partial charge is 0.119 e. The Morgan fingerprint density at radius 3 is 2.92 bits per heavy atom. The van der Waals surface area contributed by atoms with E-state index in [1.165, 1.54) is 0 Å². The Balaban J connectivity index is 2.68. The molecule has 0 aliphatic carbocycles. The summed E-state index contributed by atoms with van der Waals surface area (Å²) in [6, 6.07) is 7.79. The van der Waals surface area contributed by atoms with Crippen LogP contribution in [0.3, 0.4) is 0 Å². The Kier molecular flexibility index (Phi) is 1.89. The van der Waals surface area contributed by atoms with Gasteiger partial charge in [-0.3, -0.25) is 4.98 Å². The Bertz CT molecular complexity index is 437. The average molecular weight is 172 g/mol. The van der Waals surface area contributed by atoms with Crippen LogP contribution in [0.4, 0.5) is 0 Å². The molecular formula is C11H10NO. The van der Waals surface area contributed by atoms with E-state index >= 15 is 0 Å². The predicted octanol–water partition coefficient (Wildman–Crippen LogP) is 2.43. The van der Waals surface area contributed by atoms with E-state index in [1.54, 1.807) is 13.3 Å². The van der Waals surface area contributed by atoms with Crippen LogP contribution in [0.5, 0.6) is 5.75 Å². The molecule has 1 radical (unpaired) electrons. The van der Waals surface area contributed by atoms with Crippen molar-refractivity contribution in [1.29, 1.82) is 0 Å². The summed E-state index contributed by atoms with van der Waals surface area (Å²) in [6.45, 7) is 3.82. The normalized spacial score (nSPS) is 10.3. The molecule has 13 heavy (non-hydrogen) atoms. The maximum atomic E-state index is 5.11. The van der Waals surface area contributed by atoms with Crippen molar-refractivity contribution in [2.75, 3.05) is 7.11 Å². The Morgan fingerprint density at radius 2 is 2.15 bits per heavy atom. The molecule has 65 valence electrons. The first-order chi connectivity index (χ1) is 6.29. The van der Waals surface area contributed by atoms with Crippen LogP contribution in [-0.4, -0.2) is 12.1 Å². The molecule has 0 amide bonds. The van der Waals surface area contributed by atoms with Crippen molar-refractivity contribution in [3.05, 3.63) is 42.9 Å². The lowest BCUT2D eigenvalue weighted by molar-refractivity contribution is 0.415. The van der Waals surface area contributed by atoms with E-state index in [9.17, 15) is 0 Å². The van der Waals surface area contributed by atoms with Crippen LogP contribution in [0, 0.1) is 6.92 Å². The third-order valence-corrected chi connectivity index (χ3v) is 1.95. The monoisotopic (exact) mass is 172 g/mol. The Hall–Kier alpha value is -1.57. The molecule has 1 heterocycles. The van der Waals surface area contributed by atoms with E-state index in [-0.39, 0.29) is 0 Å². The van der Waals surface area contributed by atoms with Gasteiger partial charge in [0.2, 0.25) is 0 Å². The quantitative estimate of drug-likeness (QED) is 0.659. The molecule has 0 atom stereocenters. The molecule has 2 aromatic rings. The van der Waals surface area contributed by atoms with Crippen LogP contribution in [0.15, 0.2) is 30.5 Å². The van der Waals surface area contributed by atoms with Crippen molar-refractivity contribution in [3.8, 4) is 5.75 Å². The molecule has 1 aromatic carbocycles. The molecule has 0 spiro atoms. The zero-order valence-corrected chi connectivity index (χ0v) is 7.45. The molecule has 2 heteroatoms. The first-order valence-electron chi connectivity index (χ1n) is 4.05. The minimum Gasteiger partial charge on any atom is -0.497 e. The van der Waals surface area contributed by atoms with E-state index in [1.807, 2.05) is 24.3 Å².